The second-order valence-electron chi connectivity index (χ2n) is 4.98. The highest BCUT2D eigenvalue weighted by molar-refractivity contribution is 6.07. The summed E-state index contributed by atoms with van der Waals surface area (Å²) in [5.41, 5.74) is -0.979. The average molecular weight is 348 g/mol. The lowest BCUT2D eigenvalue weighted by Gasteiger charge is -2.08. The molecule has 2 aromatic rings. The zero-order chi connectivity index (χ0) is 18.7. The first-order chi connectivity index (χ1) is 11.8. The normalized spacial score (nSPS) is 10.4. The Morgan fingerprint density at radius 1 is 1.28 bits per heavy atom. The van der Waals surface area contributed by atoms with Crippen molar-refractivity contribution in [3.63, 3.8) is 0 Å². The molecule has 0 aliphatic rings. The molecule has 0 bridgehead atoms. The fraction of sp³-hybridized carbons (Fsp3) is 0.250. The Balaban J connectivity index is 2.92. The van der Waals surface area contributed by atoms with E-state index in [2.05, 4.69) is 0 Å². The summed E-state index contributed by atoms with van der Waals surface area (Å²) in [6, 6.07) is 5.58. The van der Waals surface area contributed by atoms with E-state index in [1.54, 1.807) is 6.92 Å². The van der Waals surface area contributed by atoms with Gasteiger partial charge in [0.1, 0.15) is 0 Å². The van der Waals surface area contributed by atoms with Crippen LogP contribution in [0.1, 0.15) is 33.5 Å². The lowest BCUT2D eigenvalue weighted by Crippen LogP contribution is -2.12. The van der Waals surface area contributed by atoms with Crippen LogP contribution in [-0.4, -0.2) is 40.5 Å². The molecule has 0 unspecified atom stereocenters. The monoisotopic (exact) mass is 348 g/mol. The van der Waals surface area contributed by atoms with Crippen LogP contribution in [0.3, 0.4) is 0 Å². The van der Waals surface area contributed by atoms with Crippen LogP contribution in [0.15, 0.2) is 24.3 Å². The molecule has 2 rings (SSSR count). The van der Waals surface area contributed by atoms with Crippen LogP contribution >= 0.6 is 0 Å². The summed E-state index contributed by atoms with van der Waals surface area (Å²) in [6.45, 7) is 2.97. The zero-order valence-corrected chi connectivity index (χ0v) is 13.8. The van der Waals surface area contributed by atoms with Gasteiger partial charge in [-0.05, 0) is 19.9 Å². The number of hydrogen-bond donors (Lipinski definition) is 1. The molecule has 25 heavy (non-hydrogen) atoms. The van der Waals surface area contributed by atoms with Gasteiger partial charge in [-0.15, -0.1) is 0 Å². The fourth-order valence-corrected chi connectivity index (χ4v) is 2.53. The van der Waals surface area contributed by atoms with Gasteiger partial charge in [-0.25, -0.2) is 9.59 Å². The maximum absolute atomic E-state index is 12.3. The topological polar surface area (TPSA) is 121 Å². The lowest BCUT2D eigenvalue weighted by atomic mass is 9.98. The van der Waals surface area contributed by atoms with Crippen molar-refractivity contribution < 1.29 is 29.2 Å². The van der Waals surface area contributed by atoms with E-state index in [1.807, 2.05) is 0 Å². The molecule has 1 N–H and O–H groups in total. The maximum atomic E-state index is 12.3. The molecule has 0 radical (unpaired) electrons. The number of rotatable bonds is 5. The molecule has 0 fully saturated rings. The van der Waals surface area contributed by atoms with Gasteiger partial charge in [-0.1, -0.05) is 12.1 Å². The number of methoxy groups -OCH3 is 1. The summed E-state index contributed by atoms with van der Waals surface area (Å²) < 4.78 is 10.1. The number of carbonyl (C=O) groups excluding carboxylic acids is 2. The Morgan fingerprint density at radius 2 is 1.92 bits per heavy atom. The number of nitro groups is 1. The van der Waals surface area contributed by atoms with Crippen LogP contribution < -0.4 is 0 Å². The third kappa shape index (κ3) is 3.03. The van der Waals surface area contributed by atoms with Gasteiger partial charge in [-0.2, -0.15) is 4.73 Å². The molecule has 0 atom stereocenters. The van der Waals surface area contributed by atoms with Crippen LogP contribution in [0.4, 0.5) is 5.69 Å². The molecule has 0 aliphatic carbocycles. The molecule has 9 nitrogen and oxygen atoms in total. The van der Waals surface area contributed by atoms with E-state index in [0.29, 0.717) is 4.73 Å². The van der Waals surface area contributed by atoms with Crippen molar-refractivity contribution in [2.45, 2.75) is 13.8 Å². The predicted molar refractivity (Wildman–Crippen MR) is 85.7 cm³/mol. The van der Waals surface area contributed by atoms with E-state index in [0.717, 1.165) is 7.11 Å². The summed E-state index contributed by atoms with van der Waals surface area (Å²) in [5.74, 6) is -1.76. The number of nitrogens with zero attached hydrogens (tertiary/aromatic N) is 2. The second-order valence-corrected chi connectivity index (χ2v) is 4.98. The van der Waals surface area contributed by atoms with Gasteiger partial charge in [0, 0.05) is 11.6 Å². The summed E-state index contributed by atoms with van der Waals surface area (Å²) in [4.78, 5) is 35.2. The minimum atomic E-state index is -0.920. The van der Waals surface area contributed by atoms with Crippen LogP contribution in [0.25, 0.3) is 11.1 Å². The summed E-state index contributed by atoms with van der Waals surface area (Å²) in [7, 11) is 1.13. The SMILES string of the molecule is CCOC(=O)c1c(-c2ccccc2[N+](=O)[O-])c(C(=O)OC)c(C)n1O. The Bertz CT molecular complexity index is 854. The molecule has 1 aromatic heterocycles. The van der Waals surface area contributed by atoms with E-state index < -0.39 is 16.9 Å². The average Bonchev–Trinajstić information content (AvgIpc) is 2.86. The first-order valence-corrected chi connectivity index (χ1v) is 7.28. The number of aromatic nitrogens is 1. The predicted octanol–water partition coefficient (Wildman–Crippen LogP) is 2.57. The van der Waals surface area contributed by atoms with Gasteiger partial charge in [0.25, 0.3) is 5.69 Å². The van der Waals surface area contributed by atoms with Crippen LogP contribution in [0.2, 0.25) is 0 Å². The minimum absolute atomic E-state index is 0.00283. The quantitative estimate of drug-likeness (QED) is 0.381. The Hall–Kier alpha value is -3.36. The molecule has 9 heteroatoms. The van der Waals surface area contributed by atoms with E-state index in [9.17, 15) is 24.9 Å². The third-order valence-electron chi connectivity index (χ3n) is 3.61. The second kappa shape index (κ2) is 7.04. The largest absolute Gasteiger partial charge is 0.465 e. The molecular weight excluding hydrogens is 332 g/mol. The molecular formula is C16H16N2O7. The third-order valence-corrected chi connectivity index (χ3v) is 3.61. The Kier molecular flexibility index (Phi) is 5.06. The van der Waals surface area contributed by atoms with Gasteiger partial charge in [-0.3, -0.25) is 10.1 Å². The van der Waals surface area contributed by atoms with Crippen molar-refractivity contribution in [3.05, 3.63) is 51.3 Å². The van der Waals surface area contributed by atoms with Crippen LogP contribution in [0, 0.1) is 17.0 Å². The first kappa shape index (κ1) is 18.0. The van der Waals surface area contributed by atoms with Gasteiger partial charge < -0.3 is 14.7 Å². The summed E-state index contributed by atoms with van der Waals surface area (Å²) in [5, 5.41) is 21.6. The number of carbonyl (C=O) groups is 2. The van der Waals surface area contributed by atoms with E-state index in [4.69, 9.17) is 9.47 Å². The van der Waals surface area contributed by atoms with Gasteiger partial charge in [0.05, 0.1) is 35.5 Å². The number of hydrogen-bond acceptors (Lipinski definition) is 7. The van der Waals surface area contributed by atoms with Crippen molar-refractivity contribution >= 4 is 17.6 Å². The number of para-hydroxylation sites is 1. The number of ether oxygens (including phenoxy) is 2. The molecule has 0 amide bonds. The maximum Gasteiger partial charge on any atom is 0.359 e. The van der Waals surface area contributed by atoms with Crippen molar-refractivity contribution in [2.75, 3.05) is 13.7 Å². The van der Waals surface area contributed by atoms with Crippen molar-refractivity contribution in [1.29, 1.82) is 0 Å². The highest BCUT2D eigenvalue weighted by Gasteiger charge is 2.34. The highest BCUT2D eigenvalue weighted by Crippen LogP contribution is 2.38. The number of benzene rings is 1. The number of nitro benzene ring substituents is 1. The fourth-order valence-electron chi connectivity index (χ4n) is 2.53. The van der Waals surface area contributed by atoms with E-state index >= 15 is 0 Å². The standard InChI is InChI=1S/C16H16N2O7/c1-4-25-16(20)14-13(10-7-5-6-8-11(10)18(22)23)12(15(19)24-3)9(2)17(14)21/h5-8,21H,4H2,1-3H3. The molecule has 1 aromatic carbocycles. The molecule has 0 spiro atoms. The van der Waals surface area contributed by atoms with Gasteiger partial charge in [0.2, 0.25) is 0 Å². The van der Waals surface area contributed by atoms with Gasteiger partial charge in [0.15, 0.2) is 5.69 Å². The van der Waals surface area contributed by atoms with E-state index in [-0.39, 0.29) is 40.4 Å². The zero-order valence-electron chi connectivity index (χ0n) is 13.8. The molecule has 0 saturated heterocycles. The van der Waals surface area contributed by atoms with Crippen molar-refractivity contribution in [3.8, 4) is 11.1 Å². The Labute approximate surface area is 142 Å². The smallest absolute Gasteiger partial charge is 0.359 e. The molecule has 0 aliphatic heterocycles. The first-order valence-electron chi connectivity index (χ1n) is 7.28. The highest BCUT2D eigenvalue weighted by atomic mass is 16.6. The van der Waals surface area contributed by atoms with Gasteiger partial charge >= 0.3 is 11.9 Å². The van der Waals surface area contributed by atoms with Crippen molar-refractivity contribution in [2.24, 2.45) is 0 Å². The van der Waals surface area contributed by atoms with Crippen molar-refractivity contribution in [1.82, 2.24) is 4.73 Å². The molecule has 0 saturated carbocycles. The lowest BCUT2D eigenvalue weighted by molar-refractivity contribution is -0.384. The summed E-state index contributed by atoms with van der Waals surface area (Å²) >= 11 is 0. The summed E-state index contributed by atoms with van der Waals surface area (Å²) in [6.07, 6.45) is 0. The Morgan fingerprint density at radius 3 is 2.48 bits per heavy atom. The molecule has 1 heterocycles. The van der Waals surface area contributed by atoms with Crippen LogP contribution in [0.5, 0.6) is 0 Å². The van der Waals surface area contributed by atoms with E-state index in [1.165, 1.54) is 31.2 Å². The molecule has 132 valence electrons. The minimum Gasteiger partial charge on any atom is -0.465 e. The number of esters is 2. The van der Waals surface area contributed by atoms with Crippen LogP contribution in [-0.2, 0) is 9.47 Å².